The lowest BCUT2D eigenvalue weighted by molar-refractivity contribution is -0.125. The van der Waals surface area contributed by atoms with E-state index in [-0.39, 0.29) is 29.1 Å². The largest absolute Gasteiger partial charge is 0.478 e. The number of para-hydroxylation sites is 2. The van der Waals surface area contributed by atoms with Crippen LogP contribution in [0.1, 0.15) is 55.8 Å². The summed E-state index contributed by atoms with van der Waals surface area (Å²) in [7, 11) is 0. The number of furan rings is 1. The van der Waals surface area contributed by atoms with Gasteiger partial charge in [-0.1, -0.05) is 51.1 Å². The van der Waals surface area contributed by atoms with E-state index in [2.05, 4.69) is 11.4 Å². The Bertz CT molecular complexity index is 1400. The molecule has 2 aromatic carbocycles. The van der Waals surface area contributed by atoms with Crippen LogP contribution in [-0.2, 0) is 9.59 Å². The van der Waals surface area contributed by atoms with E-state index < -0.39 is 17.9 Å². The number of allylic oxidation sites excluding steroid dienone is 1. The number of ketones is 1. The highest BCUT2D eigenvalue weighted by Gasteiger charge is 2.47. The first-order valence-electron chi connectivity index (χ1n) is 12.1. The van der Waals surface area contributed by atoms with E-state index in [0.717, 1.165) is 11.4 Å². The van der Waals surface area contributed by atoms with Crippen LogP contribution in [0.25, 0.3) is 11.3 Å². The molecule has 1 aliphatic carbocycles. The number of carboxylic acids is 1. The molecule has 2 heterocycles. The van der Waals surface area contributed by atoms with Crippen LogP contribution in [0.4, 0.5) is 11.4 Å². The van der Waals surface area contributed by atoms with Crippen LogP contribution in [0, 0.1) is 11.3 Å². The maximum atomic E-state index is 13.7. The monoisotopic (exact) mass is 484 g/mol. The Morgan fingerprint density at radius 3 is 2.64 bits per heavy atom. The molecule has 2 atom stereocenters. The molecule has 36 heavy (non-hydrogen) atoms. The molecule has 0 radical (unpaired) electrons. The number of anilines is 2. The number of Topliss-reactive ketones (excluding diaryl/α,β-unsaturated/α-hetero) is 1. The highest BCUT2D eigenvalue weighted by Crippen LogP contribution is 2.49. The first-order chi connectivity index (χ1) is 17.2. The second-order valence-electron chi connectivity index (χ2n) is 10.0. The topological polar surface area (TPSA) is 99.9 Å². The average Bonchev–Trinajstić information content (AvgIpc) is 3.27. The van der Waals surface area contributed by atoms with Crippen molar-refractivity contribution >= 4 is 29.0 Å². The predicted octanol–water partition coefficient (Wildman–Crippen LogP) is 6.05. The molecule has 1 aromatic heterocycles. The Hall–Kier alpha value is -4.13. The van der Waals surface area contributed by atoms with Crippen LogP contribution in [0.2, 0.25) is 0 Å². The van der Waals surface area contributed by atoms with Gasteiger partial charge < -0.3 is 14.8 Å². The fraction of sp³-hybridized carbons (Fsp3) is 0.276. The SMILES string of the molecule is CCC(=O)N1c2ccccc2NC2=CC(C)(C)CC(=O)C2C1c1ccc(-c2cccc(C(=O)O)c2)o1. The van der Waals surface area contributed by atoms with Gasteiger partial charge >= 0.3 is 5.97 Å². The smallest absolute Gasteiger partial charge is 0.335 e. The second kappa shape index (κ2) is 8.82. The molecule has 3 aromatic rings. The highest BCUT2D eigenvalue weighted by atomic mass is 16.4. The Morgan fingerprint density at radius 2 is 1.89 bits per heavy atom. The number of carbonyl (C=O) groups is 3. The Morgan fingerprint density at radius 1 is 1.11 bits per heavy atom. The van der Waals surface area contributed by atoms with E-state index in [1.165, 1.54) is 6.07 Å². The lowest BCUT2D eigenvalue weighted by atomic mass is 9.73. The van der Waals surface area contributed by atoms with Crippen molar-refractivity contribution in [3.05, 3.63) is 83.8 Å². The molecule has 7 nitrogen and oxygen atoms in total. The van der Waals surface area contributed by atoms with Crippen LogP contribution in [0.5, 0.6) is 0 Å². The summed E-state index contributed by atoms with van der Waals surface area (Å²) in [6.07, 6.45) is 2.69. The maximum absolute atomic E-state index is 13.7. The van der Waals surface area contributed by atoms with Gasteiger partial charge in [-0.05, 0) is 41.8 Å². The van der Waals surface area contributed by atoms with E-state index in [1.807, 2.05) is 38.1 Å². The number of rotatable bonds is 4. The van der Waals surface area contributed by atoms with Crippen molar-refractivity contribution in [2.45, 2.75) is 39.7 Å². The van der Waals surface area contributed by atoms with Crippen LogP contribution in [0.3, 0.4) is 0 Å². The normalized spacial score (nSPS) is 20.5. The van der Waals surface area contributed by atoms with Crippen LogP contribution >= 0.6 is 0 Å². The van der Waals surface area contributed by atoms with Gasteiger partial charge in [-0.2, -0.15) is 0 Å². The number of aromatic carboxylic acids is 1. The minimum Gasteiger partial charge on any atom is -0.478 e. The summed E-state index contributed by atoms with van der Waals surface area (Å²) in [4.78, 5) is 40.2. The Balaban J connectivity index is 1.70. The van der Waals surface area contributed by atoms with Crippen LogP contribution < -0.4 is 10.2 Å². The first kappa shape index (κ1) is 23.6. The zero-order valence-corrected chi connectivity index (χ0v) is 20.4. The van der Waals surface area contributed by atoms with Crippen molar-refractivity contribution in [2.75, 3.05) is 10.2 Å². The van der Waals surface area contributed by atoms with E-state index in [1.54, 1.807) is 42.2 Å². The number of benzene rings is 2. The molecule has 0 saturated carbocycles. The van der Waals surface area contributed by atoms with Gasteiger partial charge in [0, 0.05) is 24.1 Å². The van der Waals surface area contributed by atoms with Crippen LogP contribution in [0.15, 0.2) is 76.9 Å². The van der Waals surface area contributed by atoms with E-state index in [4.69, 9.17) is 4.42 Å². The van der Waals surface area contributed by atoms with Gasteiger partial charge in [0.2, 0.25) is 5.91 Å². The number of carboxylic acid groups (broad SMARTS) is 1. The molecule has 0 saturated heterocycles. The minimum atomic E-state index is -1.03. The Labute approximate surface area is 209 Å². The molecule has 0 fully saturated rings. The molecule has 2 aliphatic rings. The molecule has 0 spiro atoms. The van der Waals surface area contributed by atoms with Crippen molar-refractivity contribution in [3.8, 4) is 11.3 Å². The molecule has 2 N–H and O–H groups in total. The maximum Gasteiger partial charge on any atom is 0.335 e. The molecular formula is C29H28N2O5. The standard InChI is InChI=1S/C29H28N2O5/c1-4-25(33)31-21-11-6-5-10-19(21)30-20-15-29(2,3)16-22(32)26(20)27(31)24-13-12-23(36-24)17-8-7-9-18(14-17)28(34)35/h5-15,26-27,30H,4,16H2,1-3H3,(H,34,35). The number of carbonyl (C=O) groups excluding carboxylic acids is 2. The van der Waals surface area contributed by atoms with Crippen LogP contribution in [-0.4, -0.2) is 22.8 Å². The number of nitrogens with zero attached hydrogens (tertiary/aromatic N) is 1. The molecule has 1 aliphatic heterocycles. The summed E-state index contributed by atoms with van der Waals surface area (Å²) in [6.45, 7) is 5.85. The third-order valence-corrected chi connectivity index (χ3v) is 6.78. The molecule has 1 amide bonds. The van der Waals surface area contributed by atoms with Gasteiger partial charge in [-0.25, -0.2) is 4.79 Å². The average molecular weight is 485 g/mol. The fourth-order valence-corrected chi connectivity index (χ4v) is 5.22. The summed E-state index contributed by atoms with van der Waals surface area (Å²) in [6, 6.07) is 16.9. The van der Waals surface area contributed by atoms with E-state index in [0.29, 0.717) is 29.2 Å². The lowest BCUT2D eigenvalue weighted by Gasteiger charge is -2.37. The second-order valence-corrected chi connectivity index (χ2v) is 10.0. The fourth-order valence-electron chi connectivity index (χ4n) is 5.22. The summed E-state index contributed by atoms with van der Waals surface area (Å²) in [5, 5.41) is 12.8. The number of hydrogen-bond donors (Lipinski definition) is 2. The number of amides is 1. The summed E-state index contributed by atoms with van der Waals surface area (Å²) in [5.74, 6) is -0.821. The third kappa shape index (κ3) is 4.11. The van der Waals surface area contributed by atoms with Gasteiger partial charge in [-0.15, -0.1) is 0 Å². The van der Waals surface area contributed by atoms with Gasteiger partial charge in [-0.3, -0.25) is 14.5 Å². The summed E-state index contributed by atoms with van der Waals surface area (Å²) >= 11 is 0. The van der Waals surface area contributed by atoms with E-state index >= 15 is 0 Å². The van der Waals surface area contributed by atoms with Crippen molar-refractivity contribution in [1.29, 1.82) is 0 Å². The van der Waals surface area contributed by atoms with Crippen molar-refractivity contribution in [2.24, 2.45) is 11.3 Å². The van der Waals surface area contributed by atoms with Crippen molar-refractivity contribution < 1.29 is 23.9 Å². The van der Waals surface area contributed by atoms with Gasteiger partial charge in [0.15, 0.2) is 0 Å². The quantitative estimate of drug-likeness (QED) is 0.467. The molecule has 2 unspecified atom stereocenters. The number of fused-ring (bicyclic) bond motifs is 2. The molecule has 0 bridgehead atoms. The highest BCUT2D eigenvalue weighted by molar-refractivity contribution is 6.01. The number of nitrogens with one attached hydrogen (secondary N) is 1. The van der Waals surface area contributed by atoms with Crippen molar-refractivity contribution in [3.63, 3.8) is 0 Å². The van der Waals surface area contributed by atoms with Gasteiger partial charge in [0.25, 0.3) is 0 Å². The van der Waals surface area contributed by atoms with Crippen molar-refractivity contribution in [1.82, 2.24) is 0 Å². The predicted molar refractivity (Wildman–Crippen MR) is 137 cm³/mol. The van der Waals surface area contributed by atoms with E-state index in [9.17, 15) is 19.5 Å². The summed E-state index contributed by atoms with van der Waals surface area (Å²) in [5.41, 5.74) is 2.62. The number of hydrogen-bond acceptors (Lipinski definition) is 5. The molecular weight excluding hydrogens is 456 g/mol. The zero-order chi connectivity index (χ0) is 25.6. The third-order valence-electron chi connectivity index (χ3n) is 6.78. The lowest BCUT2D eigenvalue weighted by Crippen LogP contribution is -2.43. The van der Waals surface area contributed by atoms with Gasteiger partial charge in [0.05, 0.1) is 22.9 Å². The summed E-state index contributed by atoms with van der Waals surface area (Å²) < 4.78 is 6.29. The zero-order valence-electron chi connectivity index (χ0n) is 20.4. The Kier molecular flexibility index (Phi) is 5.79. The molecule has 184 valence electrons. The minimum absolute atomic E-state index is 0.0301. The first-order valence-corrected chi connectivity index (χ1v) is 12.1. The molecule has 5 rings (SSSR count). The van der Waals surface area contributed by atoms with Gasteiger partial charge in [0.1, 0.15) is 23.3 Å². The molecule has 7 heteroatoms.